The number of amides is 2. The Morgan fingerprint density at radius 3 is 2.18 bits per heavy atom. The Bertz CT molecular complexity index is 1410. The lowest BCUT2D eigenvalue weighted by atomic mass is 10.1. The van der Waals surface area contributed by atoms with Gasteiger partial charge in [-0.25, -0.2) is 4.39 Å². The number of hydrogen-bond acceptors (Lipinski definition) is 5. The van der Waals surface area contributed by atoms with Gasteiger partial charge in [-0.05, 0) is 42.8 Å². The molecule has 1 aliphatic heterocycles. The first kappa shape index (κ1) is 26.0. The fourth-order valence-corrected chi connectivity index (χ4v) is 4.77. The highest BCUT2D eigenvalue weighted by atomic mass is 19.1. The molecule has 198 valence electrons. The minimum atomic E-state index is -0.490. The summed E-state index contributed by atoms with van der Waals surface area (Å²) in [6, 6.07) is 28.5. The summed E-state index contributed by atoms with van der Waals surface area (Å²) in [6.45, 7) is 4.01. The van der Waals surface area contributed by atoms with Gasteiger partial charge in [0.15, 0.2) is 5.82 Å². The van der Waals surface area contributed by atoms with E-state index in [1.807, 2.05) is 79.7 Å². The molecular weight excluding hydrogens is 493 g/mol. The number of rotatable bonds is 7. The van der Waals surface area contributed by atoms with Gasteiger partial charge >= 0.3 is 0 Å². The van der Waals surface area contributed by atoms with Crippen molar-refractivity contribution in [1.82, 2.24) is 20.0 Å². The second kappa shape index (κ2) is 11.9. The predicted octanol–water partition coefficient (Wildman–Crippen LogP) is 4.83. The summed E-state index contributed by atoms with van der Waals surface area (Å²) < 4.78 is 13.9. The number of aromatic nitrogens is 2. The average molecular weight is 524 g/mol. The molecule has 0 spiro atoms. The molecule has 0 radical (unpaired) electrons. The monoisotopic (exact) mass is 523 g/mol. The maximum atomic E-state index is 13.9. The number of nitrogens with zero attached hydrogens (tertiary/aromatic N) is 5. The van der Waals surface area contributed by atoms with Crippen LogP contribution in [-0.2, 0) is 4.79 Å². The number of piperazine rings is 1. The Morgan fingerprint density at radius 1 is 0.846 bits per heavy atom. The van der Waals surface area contributed by atoms with E-state index in [0.717, 1.165) is 22.6 Å². The molecule has 0 unspecified atom stereocenters. The number of halogens is 1. The van der Waals surface area contributed by atoms with E-state index in [1.165, 1.54) is 23.1 Å². The maximum Gasteiger partial charge on any atom is 0.254 e. The van der Waals surface area contributed by atoms with Crippen molar-refractivity contribution in [2.24, 2.45) is 0 Å². The van der Waals surface area contributed by atoms with Crippen molar-refractivity contribution < 1.29 is 14.0 Å². The molecule has 39 heavy (non-hydrogen) atoms. The highest BCUT2D eigenvalue weighted by Gasteiger charge is 2.29. The van der Waals surface area contributed by atoms with Gasteiger partial charge in [-0.1, -0.05) is 66.7 Å². The lowest BCUT2D eigenvalue weighted by molar-refractivity contribution is -0.132. The number of carbonyl (C=O) groups is 2. The first-order valence-electron chi connectivity index (χ1n) is 13.0. The second-order valence-corrected chi connectivity index (χ2v) is 9.54. The third-order valence-electron chi connectivity index (χ3n) is 7.06. The van der Waals surface area contributed by atoms with E-state index in [9.17, 15) is 14.0 Å². The zero-order valence-corrected chi connectivity index (χ0v) is 21.8. The van der Waals surface area contributed by atoms with Crippen molar-refractivity contribution in [3.63, 3.8) is 0 Å². The third kappa shape index (κ3) is 6.12. The van der Waals surface area contributed by atoms with Crippen LogP contribution in [0.25, 0.3) is 11.3 Å². The average Bonchev–Trinajstić information content (AvgIpc) is 3.00. The fourth-order valence-electron chi connectivity index (χ4n) is 4.77. The van der Waals surface area contributed by atoms with E-state index in [2.05, 4.69) is 15.1 Å². The Labute approximate surface area is 227 Å². The largest absolute Gasteiger partial charge is 0.352 e. The van der Waals surface area contributed by atoms with Crippen LogP contribution in [0.15, 0.2) is 97.1 Å². The number of anilines is 1. The Morgan fingerprint density at radius 2 is 1.54 bits per heavy atom. The van der Waals surface area contributed by atoms with Crippen LogP contribution in [0.3, 0.4) is 0 Å². The molecule has 3 aromatic carbocycles. The molecule has 4 aromatic rings. The quantitative estimate of drug-likeness (QED) is 0.347. The zero-order chi connectivity index (χ0) is 27.2. The molecule has 1 aromatic heterocycles. The number of hydrogen-bond donors (Lipinski definition) is 0. The third-order valence-corrected chi connectivity index (χ3v) is 7.06. The van der Waals surface area contributed by atoms with Gasteiger partial charge in [-0.2, -0.15) is 0 Å². The molecule has 2 heterocycles. The van der Waals surface area contributed by atoms with E-state index < -0.39 is 5.82 Å². The zero-order valence-electron chi connectivity index (χ0n) is 21.8. The van der Waals surface area contributed by atoms with Gasteiger partial charge in [0.25, 0.3) is 5.91 Å². The molecule has 0 N–H and O–H groups in total. The van der Waals surface area contributed by atoms with Gasteiger partial charge in [0, 0.05) is 37.3 Å². The summed E-state index contributed by atoms with van der Waals surface area (Å²) in [7, 11) is 0. The lowest BCUT2D eigenvalue weighted by Crippen LogP contribution is -2.52. The van der Waals surface area contributed by atoms with Crippen LogP contribution >= 0.6 is 0 Å². The second-order valence-electron chi connectivity index (χ2n) is 9.54. The summed E-state index contributed by atoms with van der Waals surface area (Å²) in [4.78, 5) is 32.3. The Kier molecular flexibility index (Phi) is 7.91. The molecule has 7 nitrogen and oxygen atoms in total. The SMILES string of the molecule is C[C@@H](c1ccccc1)N(CC(=O)N1CCN(c2ccc(-c3ccccc3)nn2)CC1)C(=O)c1cccc(F)c1. The summed E-state index contributed by atoms with van der Waals surface area (Å²) in [6.07, 6.45) is 0. The van der Waals surface area contributed by atoms with Crippen molar-refractivity contribution in [2.75, 3.05) is 37.6 Å². The fraction of sp³-hybridized carbons (Fsp3) is 0.226. The standard InChI is InChI=1S/C31H30FN5O2/c1-23(24-9-4-2-5-10-24)37(31(39)26-13-8-14-27(32)21-26)22-30(38)36-19-17-35(18-20-36)29-16-15-28(33-34-29)25-11-6-3-7-12-25/h2-16,21,23H,17-20,22H2,1H3/t23-/m0/s1. The van der Waals surface area contributed by atoms with E-state index in [-0.39, 0.29) is 30.0 Å². The molecule has 1 saturated heterocycles. The molecule has 1 atom stereocenters. The maximum absolute atomic E-state index is 13.9. The van der Waals surface area contributed by atoms with Gasteiger partial charge in [-0.15, -0.1) is 10.2 Å². The van der Waals surface area contributed by atoms with Crippen LogP contribution in [0.5, 0.6) is 0 Å². The first-order chi connectivity index (χ1) is 19.0. The lowest BCUT2D eigenvalue weighted by Gasteiger charge is -2.37. The molecule has 5 rings (SSSR count). The summed E-state index contributed by atoms with van der Waals surface area (Å²) in [5.74, 6) is -0.253. The topological polar surface area (TPSA) is 69.6 Å². The summed E-state index contributed by atoms with van der Waals surface area (Å²) in [5, 5.41) is 8.78. The number of benzene rings is 3. The van der Waals surface area contributed by atoms with Crippen LogP contribution in [0.2, 0.25) is 0 Å². The molecule has 1 fully saturated rings. The normalized spacial score (nSPS) is 14.1. The minimum Gasteiger partial charge on any atom is -0.352 e. The first-order valence-corrected chi connectivity index (χ1v) is 13.0. The summed E-state index contributed by atoms with van der Waals surface area (Å²) in [5.41, 5.74) is 2.93. The van der Waals surface area contributed by atoms with Crippen LogP contribution in [-0.4, -0.2) is 64.5 Å². The van der Waals surface area contributed by atoms with Crippen molar-refractivity contribution in [3.8, 4) is 11.3 Å². The van der Waals surface area contributed by atoms with Crippen LogP contribution in [0, 0.1) is 5.82 Å². The smallest absolute Gasteiger partial charge is 0.254 e. The van der Waals surface area contributed by atoms with Crippen molar-refractivity contribution in [3.05, 3.63) is 114 Å². The number of carbonyl (C=O) groups excluding carboxylic acids is 2. The van der Waals surface area contributed by atoms with E-state index >= 15 is 0 Å². The van der Waals surface area contributed by atoms with Crippen LogP contribution in [0.4, 0.5) is 10.2 Å². The van der Waals surface area contributed by atoms with Crippen molar-refractivity contribution in [1.29, 1.82) is 0 Å². The van der Waals surface area contributed by atoms with E-state index in [0.29, 0.717) is 26.2 Å². The van der Waals surface area contributed by atoms with Gasteiger partial charge in [0.2, 0.25) is 5.91 Å². The molecule has 2 amide bonds. The summed E-state index contributed by atoms with van der Waals surface area (Å²) >= 11 is 0. The van der Waals surface area contributed by atoms with Gasteiger partial charge in [-0.3, -0.25) is 9.59 Å². The van der Waals surface area contributed by atoms with E-state index in [4.69, 9.17) is 0 Å². The molecule has 0 saturated carbocycles. The van der Waals surface area contributed by atoms with Gasteiger partial charge in [0.1, 0.15) is 12.4 Å². The van der Waals surface area contributed by atoms with Crippen LogP contribution < -0.4 is 4.90 Å². The van der Waals surface area contributed by atoms with E-state index in [1.54, 1.807) is 11.0 Å². The van der Waals surface area contributed by atoms with Gasteiger partial charge < -0.3 is 14.7 Å². The highest BCUT2D eigenvalue weighted by molar-refractivity contribution is 5.96. The molecule has 8 heteroatoms. The molecule has 0 aliphatic carbocycles. The van der Waals surface area contributed by atoms with Gasteiger partial charge in [0.05, 0.1) is 11.7 Å². The minimum absolute atomic E-state index is 0.100. The molecule has 1 aliphatic rings. The van der Waals surface area contributed by atoms with Crippen LogP contribution in [0.1, 0.15) is 28.9 Å². The predicted molar refractivity (Wildman–Crippen MR) is 149 cm³/mol. The molecular formula is C31H30FN5O2. The molecule has 0 bridgehead atoms. The highest BCUT2D eigenvalue weighted by Crippen LogP contribution is 2.24. The van der Waals surface area contributed by atoms with Crippen molar-refractivity contribution in [2.45, 2.75) is 13.0 Å². The Balaban J connectivity index is 1.25. The Hall–Kier alpha value is -4.59. The van der Waals surface area contributed by atoms with Crippen molar-refractivity contribution >= 4 is 17.6 Å².